The number of carbonyl (C=O) groups is 2. The summed E-state index contributed by atoms with van der Waals surface area (Å²) in [5.74, 6) is 1.03. The summed E-state index contributed by atoms with van der Waals surface area (Å²) in [6.45, 7) is 3.91. The van der Waals surface area contributed by atoms with Crippen molar-refractivity contribution >= 4 is 11.8 Å². The molecule has 1 spiro atoms. The van der Waals surface area contributed by atoms with Crippen molar-refractivity contribution in [3.05, 3.63) is 35.4 Å². The van der Waals surface area contributed by atoms with Gasteiger partial charge in [-0.15, -0.1) is 0 Å². The van der Waals surface area contributed by atoms with Gasteiger partial charge in [0.25, 0.3) is 5.91 Å². The Morgan fingerprint density at radius 2 is 1.89 bits per heavy atom. The van der Waals surface area contributed by atoms with E-state index < -0.39 is 0 Å². The van der Waals surface area contributed by atoms with Crippen LogP contribution in [0.1, 0.15) is 48.0 Å². The first-order valence-electron chi connectivity index (χ1n) is 10.5. The van der Waals surface area contributed by atoms with Crippen LogP contribution in [0.3, 0.4) is 0 Å². The zero-order valence-electron chi connectivity index (χ0n) is 16.8. The molecule has 2 aliphatic heterocycles. The lowest BCUT2D eigenvalue weighted by atomic mass is 9.86. The van der Waals surface area contributed by atoms with E-state index in [0.29, 0.717) is 31.0 Å². The van der Waals surface area contributed by atoms with Crippen molar-refractivity contribution in [1.82, 2.24) is 14.7 Å². The van der Waals surface area contributed by atoms with Gasteiger partial charge in [-0.25, -0.2) is 0 Å². The van der Waals surface area contributed by atoms with Crippen molar-refractivity contribution in [3.8, 4) is 0 Å². The predicted molar refractivity (Wildman–Crippen MR) is 107 cm³/mol. The molecule has 2 amide bonds. The van der Waals surface area contributed by atoms with E-state index in [-0.39, 0.29) is 24.0 Å². The fourth-order valence-corrected chi connectivity index (χ4v) is 4.61. The van der Waals surface area contributed by atoms with Crippen LogP contribution in [0.4, 0.5) is 0 Å². The molecule has 1 saturated carbocycles. The number of aliphatic hydroxyl groups excluding tert-OH is 1. The molecule has 3 aliphatic rings. The van der Waals surface area contributed by atoms with E-state index in [2.05, 4.69) is 16.8 Å². The van der Waals surface area contributed by atoms with E-state index >= 15 is 0 Å². The van der Waals surface area contributed by atoms with Crippen LogP contribution in [0.15, 0.2) is 24.3 Å². The lowest BCUT2D eigenvalue weighted by Gasteiger charge is -2.49. The number of aliphatic hydroxyl groups is 1. The number of rotatable bonds is 4. The molecular weight excluding hydrogens is 354 g/mol. The van der Waals surface area contributed by atoms with Crippen LogP contribution < -0.4 is 0 Å². The Kier molecular flexibility index (Phi) is 5.43. The molecule has 4 rings (SSSR count). The molecule has 3 fully saturated rings. The predicted octanol–water partition coefficient (Wildman–Crippen LogP) is 1.73. The van der Waals surface area contributed by atoms with Gasteiger partial charge in [0.05, 0.1) is 6.61 Å². The molecule has 1 aromatic carbocycles. The summed E-state index contributed by atoms with van der Waals surface area (Å²) >= 11 is 0. The summed E-state index contributed by atoms with van der Waals surface area (Å²) in [6.07, 6.45) is 4.83. The zero-order valence-corrected chi connectivity index (χ0v) is 16.8. The topological polar surface area (TPSA) is 64.1 Å². The quantitative estimate of drug-likeness (QED) is 0.857. The Balaban J connectivity index is 1.47. The van der Waals surface area contributed by atoms with Crippen LogP contribution in [0.5, 0.6) is 0 Å². The van der Waals surface area contributed by atoms with Gasteiger partial charge in [-0.05, 0) is 56.3 Å². The molecule has 1 atom stereocenters. The first-order chi connectivity index (χ1) is 13.5. The molecule has 6 heteroatoms. The third-order valence-corrected chi connectivity index (χ3v) is 6.85. The molecule has 0 bridgehead atoms. The summed E-state index contributed by atoms with van der Waals surface area (Å²) < 4.78 is 0. The lowest BCUT2D eigenvalue weighted by molar-refractivity contribution is -0.130. The van der Waals surface area contributed by atoms with Crippen LogP contribution in [0, 0.1) is 5.92 Å². The minimum Gasteiger partial charge on any atom is -0.392 e. The number of hydrogen-bond donors (Lipinski definition) is 1. The Labute approximate surface area is 167 Å². The lowest BCUT2D eigenvalue weighted by Crippen LogP contribution is -2.62. The highest BCUT2D eigenvalue weighted by atomic mass is 16.3. The Hall–Kier alpha value is -1.92. The number of likely N-dealkylation sites (tertiary alicyclic amines) is 1. The normalized spacial score (nSPS) is 26.6. The molecule has 6 nitrogen and oxygen atoms in total. The van der Waals surface area contributed by atoms with Crippen LogP contribution in [-0.4, -0.2) is 76.9 Å². The number of likely N-dealkylation sites (N-methyl/N-ethyl adjacent to an activating group) is 1. The maximum Gasteiger partial charge on any atom is 0.253 e. The number of hydrogen-bond acceptors (Lipinski definition) is 4. The third kappa shape index (κ3) is 3.94. The van der Waals surface area contributed by atoms with Crippen molar-refractivity contribution < 1.29 is 14.7 Å². The molecule has 0 aromatic heterocycles. The molecule has 0 unspecified atom stereocenters. The Bertz CT molecular complexity index is 731. The number of carbonyl (C=O) groups excluding carboxylic acids is 2. The van der Waals surface area contributed by atoms with Gasteiger partial charge in [0.2, 0.25) is 5.91 Å². The molecule has 1 aliphatic carbocycles. The fraction of sp³-hybridized carbons (Fsp3) is 0.636. The third-order valence-electron chi connectivity index (χ3n) is 6.85. The van der Waals surface area contributed by atoms with Crippen LogP contribution in [0.2, 0.25) is 0 Å². The highest BCUT2D eigenvalue weighted by molar-refractivity contribution is 5.94. The first kappa shape index (κ1) is 19.4. The molecule has 1 aromatic rings. The standard InChI is InChI=1S/C22H31N3O3/c1-23-12-13-25(21(28)19-6-4-18(15-26)5-7-19)16-22(23)9-8-20(27)24(11-10-22)14-17-2-3-17/h4-7,17,26H,2-3,8-16H2,1H3/t22-/m1/s1. The van der Waals surface area contributed by atoms with Crippen molar-refractivity contribution in [2.75, 3.05) is 39.8 Å². The van der Waals surface area contributed by atoms with Gasteiger partial charge in [-0.3, -0.25) is 14.5 Å². The summed E-state index contributed by atoms with van der Waals surface area (Å²) in [5.41, 5.74) is 1.36. The number of nitrogens with zero attached hydrogens (tertiary/aromatic N) is 3. The van der Waals surface area contributed by atoms with E-state index in [1.807, 2.05) is 4.90 Å². The van der Waals surface area contributed by atoms with Crippen LogP contribution >= 0.6 is 0 Å². The molecule has 2 heterocycles. The van der Waals surface area contributed by atoms with Gasteiger partial charge in [0.15, 0.2) is 0 Å². The highest BCUT2D eigenvalue weighted by Gasteiger charge is 2.44. The summed E-state index contributed by atoms with van der Waals surface area (Å²) in [5, 5.41) is 9.21. The zero-order chi connectivity index (χ0) is 19.7. The average molecular weight is 386 g/mol. The Morgan fingerprint density at radius 3 is 2.57 bits per heavy atom. The van der Waals surface area contributed by atoms with Crippen molar-refractivity contribution in [2.24, 2.45) is 5.92 Å². The molecule has 152 valence electrons. The van der Waals surface area contributed by atoms with Gasteiger partial charge in [0, 0.05) is 50.2 Å². The number of amides is 2. The van der Waals surface area contributed by atoms with Crippen LogP contribution in [0.25, 0.3) is 0 Å². The van der Waals surface area contributed by atoms with Crippen molar-refractivity contribution in [1.29, 1.82) is 0 Å². The van der Waals surface area contributed by atoms with Gasteiger partial charge in [0.1, 0.15) is 0 Å². The number of piperazine rings is 1. The Morgan fingerprint density at radius 1 is 1.14 bits per heavy atom. The second kappa shape index (κ2) is 7.84. The number of benzene rings is 1. The SMILES string of the molecule is CN1CCN(C(=O)c2ccc(CO)cc2)C[C@]12CCC(=O)N(CC1CC1)CC2. The minimum absolute atomic E-state index is 0.0164. The maximum atomic E-state index is 13.1. The largest absolute Gasteiger partial charge is 0.392 e. The maximum absolute atomic E-state index is 13.1. The van der Waals surface area contributed by atoms with E-state index in [4.69, 9.17) is 0 Å². The average Bonchev–Trinajstić information content (AvgIpc) is 3.55. The monoisotopic (exact) mass is 385 g/mol. The molecule has 2 saturated heterocycles. The van der Waals surface area contributed by atoms with Gasteiger partial charge < -0.3 is 14.9 Å². The van der Waals surface area contributed by atoms with E-state index in [0.717, 1.165) is 38.0 Å². The van der Waals surface area contributed by atoms with E-state index in [9.17, 15) is 14.7 Å². The van der Waals surface area contributed by atoms with E-state index in [1.54, 1.807) is 24.3 Å². The van der Waals surface area contributed by atoms with Crippen molar-refractivity contribution in [2.45, 2.75) is 44.2 Å². The van der Waals surface area contributed by atoms with Gasteiger partial charge >= 0.3 is 0 Å². The van der Waals surface area contributed by atoms with Gasteiger partial charge in [-0.2, -0.15) is 0 Å². The minimum atomic E-state index is -0.118. The molecule has 0 radical (unpaired) electrons. The second-order valence-corrected chi connectivity index (χ2v) is 8.76. The molecule has 28 heavy (non-hydrogen) atoms. The summed E-state index contributed by atoms with van der Waals surface area (Å²) in [6, 6.07) is 7.21. The first-order valence-corrected chi connectivity index (χ1v) is 10.5. The second-order valence-electron chi connectivity index (χ2n) is 8.76. The summed E-state index contributed by atoms with van der Waals surface area (Å²) in [4.78, 5) is 32.1. The van der Waals surface area contributed by atoms with Gasteiger partial charge in [-0.1, -0.05) is 12.1 Å². The molecule has 1 N–H and O–H groups in total. The summed E-state index contributed by atoms with van der Waals surface area (Å²) in [7, 11) is 2.14. The van der Waals surface area contributed by atoms with Crippen molar-refractivity contribution in [3.63, 3.8) is 0 Å². The van der Waals surface area contributed by atoms with Crippen LogP contribution in [-0.2, 0) is 11.4 Å². The van der Waals surface area contributed by atoms with E-state index in [1.165, 1.54) is 12.8 Å². The fourth-order valence-electron chi connectivity index (χ4n) is 4.61. The smallest absolute Gasteiger partial charge is 0.253 e. The molecular formula is C22H31N3O3. The highest BCUT2D eigenvalue weighted by Crippen LogP contribution is 2.35.